The third kappa shape index (κ3) is 3.32. The lowest BCUT2D eigenvalue weighted by molar-refractivity contribution is 0.0651. The van der Waals surface area contributed by atoms with E-state index >= 15 is 0 Å². The van der Waals surface area contributed by atoms with Crippen molar-refractivity contribution in [2.24, 2.45) is 5.92 Å². The fourth-order valence-electron chi connectivity index (χ4n) is 2.51. The van der Waals surface area contributed by atoms with Gasteiger partial charge in [0, 0.05) is 26.3 Å². The monoisotopic (exact) mass is 323 g/mol. The van der Waals surface area contributed by atoms with Crippen LogP contribution in [0.25, 0.3) is 0 Å². The van der Waals surface area contributed by atoms with Crippen molar-refractivity contribution in [3.63, 3.8) is 0 Å². The minimum Gasteiger partial charge on any atom is -0.502 e. The number of amides is 1. The molecule has 1 aliphatic carbocycles. The molecule has 0 unspecified atom stereocenters. The molecule has 126 valence electrons. The van der Waals surface area contributed by atoms with Crippen molar-refractivity contribution in [2.75, 3.05) is 39.0 Å². The molecule has 0 aromatic carbocycles. The summed E-state index contributed by atoms with van der Waals surface area (Å²) in [6.07, 6.45) is 2.36. The highest BCUT2D eigenvalue weighted by molar-refractivity contribution is 5.96. The van der Waals surface area contributed by atoms with Gasteiger partial charge in [0.1, 0.15) is 6.67 Å². The first-order valence-electron chi connectivity index (χ1n) is 7.69. The molecule has 1 amide bonds. The van der Waals surface area contributed by atoms with Gasteiger partial charge in [-0.15, -0.1) is 0 Å². The third-order valence-corrected chi connectivity index (χ3v) is 4.04. The zero-order chi connectivity index (χ0) is 16.4. The van der Waals surface area contributed by atoms with Crippen LogP contribution in [0, 0.1) is 5.92 Å². The van der Waals surface area contributed by atoms with E-state index in [9.17, 15) is 14.7 Å². The molecular weight excluding hydrogens is 302 g/mol. The standard InChI is InChI=1S/C15H21N3O5/c1-22-5-4-17-9-16-18-11(8-23-7-10-2-3-10)6-12(19)14(20)13(18)15(17)21/h6,10,16,20H,2-5,7-9H2,1H3. The number of hydrogen-bond donors (Lipinski definition) is 2. The fourth-order valence-corrected chi connectivity index (χ4v) is 2.51. The maximum Gasteiger partial charge on any atom is 0.277 e. The number of carbonyl (C=O) groups excluding carboxylic acids is 1. The summed E-state index contributed by atoms with van der Waals surface area (Å²) in [6, 6.07) is 1.30. The molecule has 8 heteroatoms. The van der Waals surface area contributed by atoms with Gasteiger partial charge in [0.15, 0.2) is 11.4 Å². The first kappa shape index (κ1) is 15.8. The number of ether oxygens (including phenoxy) is 2. The molecule has 2 N–H and O–H groups in total. The lowest BCUT2D eigenvalue weighted by Gasteiger charge is -2.32. The van der Waals surface area contributed by atoms with E-state index in [1.807, 2.05) is 0 Å². The van der Waals surface area contributed by atoms with Gasteiger partial charge in [0.2, 0.25) is 5.43 Å². The van der Waals surface area contributed by atoms with Gasteiger partial charge in [0.05, 0.1) is 18.9 Å². The molecule has 0 atom stereocenters. The number of fused-ring (bicyclic) bond motifs is 1. The average molecular weight is 323 g/mol. The van der Waals surface area contributed by atoms with E-state index in [0.717, 1.165) is 0 Å². The van der Waals surface area contributed by atoms with Crippen molar-refractivity contribution in [3.8, 4) is 5.75 Å². The van der Waals surface area contributed by atoms with E-state index < -0.39 is 17.1 Å². The first-order chi connectivity index (χ1) is 11.1. The Bertz CT molecular complexity index is 653. The maximum absolute atomic E-state index is 12.5. The molecule has 8 nitrogen and oxygen atoms in total. The Hall–Kier alpha value is -2.06. The molecule has 1 aromatic rings. The lowest BCUT2D eigenvalue weighted by atomic mass is 10.2. The van der Waals surface area contributed by atoms with E-state index in [1.54, 1.807) is 7.11 Å². The van der Waals surface area contributed by atoms with E-state index in [-0.39, 0.29) is 19.0 Å². The van der Waals surface area contributed by atoms with Crippen LogP contribution in [0.15, 0.2) is 10.9 Å². The molecule has 0 radical (unpaired) electrons. The van der Waals surface area contributed by atoms with Crippen LogP contribution in [-0.2, 0) is 16.1 Å². The van der Waals surface area contributed by atoms with E-state index in [0.29, 0.717) is 31.4 Å². The Morgan fingerprint density at radius 1 is 1.39 bits per heavy atom. The number of nitrogens with zero attached hydrogens (tertiary/aromatic N) is 2. The normalized spacial score (nSPS) is 17.1. The van der Waals surface area contributed by atoms with Gasteiger partial charge in [-0.2, -0.15) is 0 Å². The van der Waals surface area contributed by atoms with E-state index in [4.69, 9.17) is 9.47 Å². The predicted octanol–water partition coefficient (Wildman–Crippen LogP) is 0.0837. The van der Waals surface area contributed by atoms with Crippen molar-refractivity contribution < 1.29 is 19.4 Å². The largest absolute Gasteiger partial charge is 0.502 e. The first-order valence-corrected chi connectivity index (χ1v) is 7.69. The van der Waals surface area contributed by atoms with E-state index in [2.05, 4.69) is 5.43 Å². The average Bonchev–Trinajstić information content (AvgIpc) is 3.35. The maximum atomic E-state index is 12.5. The van der Waals surface area contributed by atoms with Gasteiger partial charge in [-0.1, -0.05) is 0 Å². The van der Waals surface area contributed by atoms with Gasteiger partial charge in [-0.25, -0.2) is 0 Å². The summed E-state index contributed by atoms with van der Waals surface area (Å²) in [6.45, 7) is 1.89. The number of rotatable bonds is 7. The zero-order valence-corrected chi connectivity index (χ0v) is 13.1. The highest BCUT2D eigenvalue weighted by Gasteiger charge is 2.30. The number of aromatic hydroxyl groups is 1. The molecule has 0 saturated heterocycles. The second-order valence-corrected chi connectivity index (χ2v) is 5.87. The van der Waals surface area contributed by atoms with Crippen LogP contribution in [0.4, 0.5) is 0 Å². The minimum atomic E-state index is -0.579. The Labute approximate surface area is 133 Å². The summed E-state index contributed by atoms with van der Waals surface area (Å²) >= 11 is 0. The van der Waals surface area contributed by atoms with Crippen molar-refractivity contribution in [2.45, 2.75) is 19.4 Å². The summed E-state index contributed by atoms with van der Waals surface area (Å²) in [5.41, 5.74) is 2.93. The highest BCUT2D eigenvalue weighted by Crippen LogP contribution is 2.29. The van der Waals surface area contributed by atoms with Crippen molar-refractivity contribution >= 4 is 5.91 Å². The molecule has 1 saturated carbocycles. The van der Waals surface area contributed by atoms with Crippen molar-refractivity contribution in [1.29, 1.82) is 0 Å². The zero-order valence-electron chi connectivity index (χ0n) is 13.1. The number of hydrogen-bond acceptors (Lipinski definition) is 6. The number of nitrogens with one attached hydrogen (secondary N) is 1. The third-order valence-electron chi connectivity index (χ3n) is 4.04. The van der Waals surface area contributed by atoms with Gasteiger partial charge >= 0.3 is 0 Å². The van der Waals surface area contributed by atoms with Gasteiger partial charge in [-0.3, -0.25) is 14.3 Å². The second kappa shape index (κ2) is 6.59. The molecule has 23 heavy (non-hydrogen) atoms. The molecule has 0 spiro atoms. The number of aromatic nitrogens is 1. The number of pyridine rings is 1. The Morgan fingerprint density at radius 3 is 2.87 bits per heavy atom. The molecule has 2 aliphatic rings. The Kier molecular flexibility index (Phi) is 4.53. The molecule has 1 aromatic heterocycles. The van der Waals surface area contributed by atoms with Crippen LogP contribution >= 0.6 is 0 Å². The molecule has 3 rings (SSSR count). The van der Waals surface area contributed by atoms with E-state index in [1.165, 1.54) is 28.5 Å². The summed E-state index contributed by atoms with van der Waals surface area (Å²) in [5.74, 6) is -0.339. The topological polar surface area (TPSA) is 93.0 Å². The van der Waals surface area contributed by atoms with Crippen molar-refractivity contribution in [3.05, 3.63) is 27.7 Å². The van der Waals surface area contributed by atoms with Gasteiger partial charge in [0.25, 0.3) is 5.91 Å². The molecule has 2 heterocycles. The SMILES string of the molecule is COCCN1CNn2c(COCC3CC3)cc(=O)c(O)c2C1=O. The van der Waals surface area contributed by atoms with Crippen LogP contribution in [-0.4, -0.2) is 54.1 Å². The van der Waals surface area contributed by atoms with Crippen LogP contribution in [0.5, 0.6) is 5.75 Å². The van der Waals surface area contributed by atoms with Crippen LogP contribution in [0.2, 0.25) is 0 Å². The number of methoxy groups -OCH3 is 1. The van der Waals surface area contributed by atoms with Crippen LogP contribution in [0.3, 0.4) is 0 Å². The lowest BCUT2D eigenvalue weighted by Crippen LogP contribution is -2.48. The highest BCUT2D eigenvalue weighted by atomic mass is 16.5. The summed E-state index contributed by atoms with van der Waals surface area (Å²) < 4.78 is 12.0. The molecule has 1 aliphatic heterocycles. The van der Waals surface area contributed by atoms with Gasteiger partial charge in [-0.05, 0) is 18.8 Å². The van der Waals surface area contributed by atoms with Crippen LogP contribution in [0.1, 0.15) is 29.0 Å². The Morgan fingerprint density at radius 2 is 2.17 bits per heavy atom. The molecule has 0 bridgehead atoms. The predicted molar refractivity (Wildman–Crippen MR) is 81.9 cm³/mol. The molecule has 1 fully saturated rings. The summed E-state index contributed by atoms with van der Waals surface area (Å²) in [4.78, 5) is 25.9. The quantitative estimate of drug-likeness (QED) is 0.738. The fraction of sp³-hybridized carbons (Fsp3) is 0.600. The molecular formula is C15H21N3O5. The summed E-state index contributed by atoms with van der Waals surface area (Å²) in [7, 11) is 1.55. The Balaban J connectivity index is 1.83. The van der Waals surface area contributed by atoms with Crippen LogP contribution < -0.4 is 10.9 Å². The smallest absolute Gasteiger partial charge is 0.277 e. The van der Waals surface area contributed by atoms with Gasteiger partial charge < -0.3 is 24.9 Å². The number of carbonyl (C=O) groups is 1. The minimum absolute atomic E-state index is 0.0510. The van der Waals surface area contributed by atoms with Crippen molar-refractivity contribution in [1.82, 2.24) is 9.58 Å². The summed E-state index contributed by atoms with van der Waals surface area (Å²) in [5, 5.41) is 10.0. The second-order valence-electron chi connectivity index (χ2n) is 5.87.